The topological polar surface area (TPSA) is 71.5 Å². The number of benzene rings is 2. The molecule has 0 bridgehead atoms. The first-order valence-electron chi connectivity index (χ1n) is 9.53. The van der Waals surface area contributed by atoms with Gasteiger partial charge in [0.1, 0.15) is 17.4 Å². The van der Waals surface area contributed by atoms with Crippen LogP contribution >= 0.6 is 0 Å². The van der Waals surface area contributed by atoms with Gasteiger partial charge in [-0.3, -0.25) is 14.6 Å². The fraction of sp³-hybridized carbons (Fsp3) is 0.174. The number of hydrogen-bond acceptors (Lipinski definition) is 4. The monoisotopic (exact) mass is 387 g/mol. The van der Waals surface area contributed by atoms with E-state index in [0.717, 1.165) is 17.1 Å². The Morgan fingerprint density at radius 1 is 1.00 bits per heavy atom. The predicted molar refractivity (Wildman–Crippen MR) is 110 cm³/mol. The summed E-state index contributed by atoms with van der Waals surface area (Å²) in [6.07, 6.45) is 2.17. The molecule has 6 nitrogen and oxygen atoms in total. The molecule has 1 aliphatic rings. The molecular formula is C23H21N3O3. The summed E-state index contributed by atoms with van der Waals surface area (Å²) in [5, 5.41) is 2.81. The maximum absolute atomic E-state index is 12.8. The van der Waals surface area contributed by atoms with E-state index in [-0.39, 0.29) is 11.8 Å². The van der Waals surface area contributed by atoms with Crippen LogP contribution in [0, 0.1) is 5.92 Å². The van der Waals surface area contributed by atoms with Crippen molar-refractivity contribution < 1.29 is 14.3 Å². The Morgan fingerprint density at radius 3 is 2.45 bits per heavy atom. The van der Waals surface area contributed by atoms with E-state index in [9.17, 15) is 9.59 Å². The molecule has 1 fully saturated rings. The van der Waals surface area contributed by atoms with E-state index in [2.05, 4.69) is 10.3 Å². The summed E-state index contributed by atoms with van der Waals surface area (Å²) >= 11 is 0. The van der Waals surface area contributed by atoms with Gasteiger partial charge in [0.2, 0.25) is 11.8 Å². The molecule has 0 spiro atoms. The highest BCUT2D eigenvalue weighted by Crippen LogP contribution is 2.28. The van der Waals surface area contributed by atoms with Crippen LogP contribution in [-0.2, 0) is 16.1 Å². The van der Waals surface area contributed by atoms with Crippen LogP contribution in [0.3, 0.4) is 0 Å². The van der Waals surface area contributed by atoms with Gasteiger partial charge in [-0.25, -0.2) is 0 Å². The van der Waals surface area contributed by atoms with Crippen LogP contribution in [0.4, 0.5) is 5.69 Å². The van der Waals surface area contributed by atoms with Crippen LogP contribution in [0.2, 0.25) is 0 Å². The van der Waals surface area contributed by atoms with Crippen molar-refractivity contribution >= 4 is 17.5 Å². The quantitative estimate of drug-likeness (QED) is 0.657. The molecule has 1 aromatic heterocycles. The second-order valence-corrected chi connectivity index (χ2v) is 6.78. The maximum atomic E-state index is 12.8. The molecule has 0 radical (unpaired) electrons. The molecule has 2 heterocycles. The minimum atomic E-state index is -0.668. The molecule has 4 rings (SSSR count). The fourth-order valence-electron chi connectivity index (χ4n) is 3.30. The van der Waals surface area contributed by atoms with Crippen LogP contribution in [0.15, 0.2) is 79.0 Å². The van der Waals surface area contributed by atoms with Gasteiger partial charge in [0.05, 0.1) is 12.2 Å². The highest BCUT2D eigenvalue weighted by atomic mass is 16.5. The van der Waals surface area contributed by atoms with E-state index < -0.39 is 5.92 Å². The first kappa shape index (κ1) is 18.7. The first-order valence-corrected chi connectivity index (χ1v) is 9.53. The summed E-state index contributed by atoms with van der Waals surface area (Å²) in [6.45, 7) is 0.828. The molecular weight excluding hydrogens is 366 g/mol. The lowest BCUT2D eigenvalue weighted by Gasteiger charge is -2.17. The number of hydrogen-bond donors (Lipinski definition) is 1. The zero-order chi connectivity index (χ0) is 20.1. The van der Waals surface area contributed by atoms with Gasteiger partial charge in [-0.05, 0) is 55.0 Å². The predicted octanol–water partition coefficient (Wildman–Crippen LogP) is 3.54. The summed E-state index contributed by atoms with van der Waals surface area (Å²) in [4.78, 5) is 31.0. The molecule has 2 aromatic carbocycles. The number of nitrogens with zero attached hydrogens (tertiary/aromatic N) is 2. The van der Waals surface area contributed by atoms with Crippen molar-refractivity contribution in [3.63, 3.8) is 0 Å². The zero-order valence-electron chi connectivity index (χ0n) is 15.8. The number of ether oxygens (including phenoxy) is 1. The standard InChI is InChI=1S/C23H21N3O3/c27-22(25-16-17-6-4-5-14-24-17)21-13-15-26(23(21)28)18-9-11-20(12-10-18)29-19-7-2-1-3-8-19/h1-12,14,21H,13,15-16H2,(H,25,27)/t21-/m1/s1. The second kappa shape index (κ2) is 8.56. The van der Waals surface area contributed by atoms with Crippen molar-refractivity contribution in [3.05, 3.63) is 84.7 Å². The van der Waals surface area contributed by atoms with E-state index in [4.69, 9.17) is 4.74 Å². The molecule has 0 aliphatic carbocycles. The van der Waals surface area contributed by atoms with Crippen LogP contribution in [0.1, 0.15) is 12.1 Å². The molecule has 0 unspecified atom stereocenters. The number of nitrogens with one attached hydrogen (secondary N) is 1. The SMILES string of the molecule is O=C(NCc1ccccn1)[C@H]1CCN(c2ccc(Oc3ccccc3)cc2)C1=O. The van der Waals surface area contributed by atoms with E-state index in [1.165, 1.54) is 0 Å². The third-order valence-corrected chi connectivity index (χ3v) is 4.82. The number of aromatic nitrogens is 1. The molecule has 6 heteroatoms. The summed E-state index contributed by atoms with van der Waals surface area (Å²) in [7, 11) is 0. The summed E-state index contributed by atoms with van der Waals surface area (Å²) < 4.78 is 5.78. The average molecular weight is 387 g/mol. The number of para-hydroxylation sites is 1. The molecule has 1 N–H and O–H groups in total. The Hall–Kier alpha value is -3.67. The molecule has 29 heavy (non-hydrogen) atoms. The summed E-state index contributed by atoms with van der Waals surface area (Å²) in [5.41, 5.74) is 1.52. The Balaban J connectivity index is 1.36. The van der Waals surface area contributed by atoms with Gasteiger partial charge < -0.3 is 15.0 Å². The number of carbonyl (C=O) groups excluding carboxylic acids is 2. The highest BCUT2D eigenvalue weighted by Gasteiger charge is 2.37. The zero-order valence-corrected chi connectivity index (χ0v) is 15.8. The van der Waals surface area contributed by atoms with E-state index >= 15 is 0 Å². The fourth-order valence-corrected chi connectivity index (χ4v) is 3.30. The Labute approximate surface area is 169 Å². The van der Waals surface area contributed by atoms with Gasteiger partial charge >= 0.3 is 0 Å². The lowest BCUT2D eigenvalue weighted by molar-refractivity contribution is -0.132. The lowest BCUT2D eigenvalue weighted by Crippen LogP contribution is -2.36. The van der Waals surface area contributed by atoms with Gasteiger partial charge in [0.25, 0.3) is 0 Å². The van der Waals surface area contributed by atoms with Crippen molar-refractivity contribution in [2.24, 2.45) is 5.92 Å². The molecule has 3 aromatic rings. The lowest BCUT2D eigenvalue weighted by atomic mass is 10.1. The van der Waals surface area contributed by atoms with Crippen molar-refractivity contribution in [2.45, 2.75) is 13.0 Å². The van der Waals surface area contributed by atoms with Crippen LogP contribution in [-0.4, -0.2) is 23.3 Å². The molecule has 1 saturated heterocycles. The third-order valence-electron chi connectivity index (χ3n) is 4.82. The van der Waals surface area contributed by atoms with Crippen LogP contribution in [0.25, 0.3) is 0 Å². The number of pyridine rings is 1. The second-order valence-electron chi connectivity index (χ2n) is 6.78. The van der Waals surface area contributed by atoms with E-state index in [1.807, 2.05) is 72.8 Å². The number of rotatable bonds is 6. The minimum absolute atomic E-state index is 0.180. The summed E-state index contributed by atoms with van der Waals surface area (Å²) in [5.74, 6) is 0.338. The van der Waals surface area contributed by atoms with Crippen molar-refractivity contribution in [2.75, 3.05) is 11.4 Å². The number of carbonyl (C=O) groups is 2. The Bertz CT molecular complexity index is 975. The van der Waals surface area contributed by atoms with Gasteiger partial charge in [0.15, 0.2) is 0 Å². The number of anilines is 1. The normalized spacial score (nSPS) is 15.9. The van der Waals surface area contributed by atoms with Gasteiger partial charge in [-0.2, -0.15) is 0 Å². The van der Waals surface area contributed by atoms with E-state index in [1.54, 1.807) is 11.1 Å². The van der Waals surface area contributed by atoms with Gasteiger partial charge in [-0.1, -0.05) is 24.3 Å². The molecule has 2 amide bonds. The average Bonchev–Trinajstić information content (AvgIpc) is 3.15. The Kier molecular flexibility index (Phi) is 5.52. The van der Waals surface area contributed by atoms with E-state index in [0.29, 0.717) is 25.3 Å². The maximum Gasteiger partial charge on any atom is 0.239 e. The first-order chi connectivity index (χ1) is 14.2. The minimum Gasteiger partial charge on any atom is -0.457 e. The largest absolute Gasteiger partial charge is 0.457 e. The highest BCUT2D eigenvalue weighted by molar-refractivity contribution is 6.09. The number of amides is 2. The summed E-state index contributed by atoms with van der Waals surface area (Å²) in [6, 6.07) is 22.3. The molecule has 0 saturated carbocycles. The van der Waals surface area contributed by atoms with Crippen LogP contribution in [0.5, 0.6) is 11.5 Å². The third kappa shape index (κ3) is 4.43. The van der Waals surface area contributed by atoms with Crippen LogP contribution < -0.4 is 15.0 Å². The smallest absolute Gasteiger partial charge is 0.239 e. The van der Waals surface area contributed by atoms with Crippen molar-refractivity contribution in [3.8, 4) is 11.5 Å². The Morgan fingerprint density at radius 2 is 1.72 bits per heavy atom. The van der Waals surface area contributed by atoms with Crippen molar-refractivity contribution in [1.82, 2.24) is 10.3 Å². The van der Waals surface area contributed by atoms with Gasteiger partial charge in [0, 0.05) is 18.4 Å². The van der Waals surface area contributed by atoms with Gasteiger partial charge in [-0.15, -0.1) is 0 Å². The van der Waals surface area contributed by atoms with Crippen molar-refractivity contribution in [1.29, 1.82) is 0 Å². The molecule has 1 aliphatic heterocycles. The molecule has 1 atom stereocenters. The molecule has 146 valence electrons.